The largest absolute Gasteiger partial charge is 0.329 e. The molecule has 1 saturated heterocycles. The van der Waals surface area contributed by atoms with E-state index in [0.29, 0.717) is 47.6 Å². The van der Waals surface area contributed by atoms with Gasteiger partial charge in [0.15, 0.2) is 0 Å². The van der Waals surface area contributed by atoms with Gasteiger partial charge >= 0.3 is 6.03 Å². The quantitative estimate of drug-likeness (QED) is 0.611. The average molecular weight is 456 g/mol. The number of carbonyl (C=O) groups excluding carboxylic acids is 1. The normalized spacial score (nSPS) is 18.0. The Kier molecular flexibility index (Phi) is 4.72. The van der Waals surface area contributed by atoms with Gasteiger partial charge in [0.2, 0.25) is 16.0 Å². The number of sulfonamides is 1. The Morgan fingerprint density at radius 1 is 1.06 bits per heavy atom. The molecular formula is C22H18F2N4O3S. The number of hydrogen-bond donors (Lipinski definition) is 1. The van der Waals surface area contributed by atoms with Crippen LogP contribution in [0.4, 0.5) is 25.0 Å². The maximum atomic E-state index is 14.3. The predicted octanol–water partition coefficient (Wildman–Crippen LogP) is 3.44. The lowest BCUT2D eigenvalue weighted by Crippen LogP contribution is -2.53. The van der Waals surface area contributed by atoms with Crippen LogP contribution in [0, 0.1) is 11.8 Å². The van der Waals surface area contributed by atoms with Gasteiger partial charge in [-0.3, -0.25) is 9.80 Å². The lowest BCUT2D eigenvalue weighted by atomic mass is 10.1. The maximum Gasteiger partial charge on any atom is 0.329 e. The number of carbonyl (C=O) groups is 1. The van der Waals surface area contributed by atoms with Gasteiger partial charge in [0.25, 0.3) is 0 Å². The second kappa shape index (κ2) is 7.35. The van der Waals surface area contributed by atoms with Gasteiger partial charge in [-0.05, 0) is 54.8 Å². The van der Waals surface area contributed by atoms with Gasteiger partial charge in [0, 0.05) is 23.8 Å². The summed E-state index contributed by atoms with van der Waals surface area (Å²) < 4.78 is 51.2. The van der Waals surface area contributed by atoms with Gasteiger partial charge in [-0.15, -0.1) is 0 Å². The minimum atomic E-state index is -4.27. The van der Waals surface area contributed by atoms with E-state index >= 15 is 0 Å². The average Bonchev–Trinajstić information content (AvgIpc) is 3.11. The number of aromatic nitrogens is 1. The van der Waals surface area contributed by atoms with E-state index in [1.54, 1.807) is 41.3 Å². The number of nitrogens with two attached hydrogens (primary N) is 1. The fourth-order valence-electron chi connectivity index (χ4n) is 4.35. The second-order valence-electron chi connectivity index (χ2n) is 7.80. The van der Waals surface area contributed by atoms with E-state index in [1.165, 1.54) is 11.0 Å². The zero-order valence-corrected chi connectivity index (χ0v) is 17.5. The number of fused-ring (bicyclic) bond motifs is 3. The number of nitrogens with zero attached hydrogens (tertiary/aromatic N) is 3. The first-order chi connectivity index (χ1) is 15.2. The highest BCUT2D eigenvalue weighted by Gasteiger charge is 2.41. The smallest absolute Gasteiger partial charge is 0.294 e. The van der Waals surface area contributed by atoms with Gasteiger partial charge in [0.1, 0.15) is 10.7 Å². The Bertz CT molecular complexity index is 1350. The predicted molar refractivity (Wildman–Crippen MR) is 115 cm³/mol. The van der Waals surface area contributed by atoms with Crippen molar-refractivity contribution in [3.8, 4) is 11.3 Å². The van der Waals surface area contributed by atoms with Crippen LogP contribution in [0.1, 0.15) is 12.0 Å². The number of benzene rings is 2. The minimum Gasteiger partial charge on any atom is -0.294 e. The fourth-order valence-corrected chi connectivity index (χ4v) is 4.95. The highest BCUT2D eigenvalue weighted by Crippen LogP contribution is 2.40. The van der Waals surface area contributed by atoms with Crippen molar-refractivity contribution in [2.45, 2.75) is 23.8 Å². The summed E-state index contributed by atoms with van der Waals surface area (Å²) in [5, 5.41) is 5.13. The zero-order valence-electron chi connectivity index (χ0n) is 16.7. The molecule has 0 bridgehead atoms. The van der Waals surface area contributed by atoms with Crippen molar-refractivity contribution in [2.75, 3.05) is 16.3 Å². The Balaban J connectivity index is 1.46. The van der Waals surface area contributed by atoms with E-state index < -0.39 is 26.7 Å². The molecule has 1 unspecified atom stereocenters. The molecule has 2 aliphatic heterocycles. The van der Waals surface area contributed by atoms with Gasteiger partial charge in [-0.2, -0.15) is 4.39 Å². The van der Waals surface area contributed by atoms with E-state index in [-0.39, 0.29) is 12.1 Å². The van der Waals surface area contributed by atoms with E-state index in [2.05, 4.69) is 4.98 Å². The van der Waals surface area contributed by atoms with Crippen LogP contribution in [0.5, 0.6) is 0 Å². The Morgan fingerprint density at radius 3 is 2.50 bits per heavy atom. The molecule has 0 saturated carbocycles. The molecule has 10 heteroatoms. The van der Waals surface area contributed by atoms with Crippen LogP contribution in [0.15, 0.2) is 59.5 Å². The Hall–Kier alpha value is -3.37. The molecule has 2 aromatic carbocycles. The van der Waals surface area contributed by atoms with Crippen molar-refractivity contribution >= 4 is 27.4 Å². The van der Waals surface area contributed by atoms with Crippen molar-refractivity contribution in [3.05, 3.63) is 71.9 Å². The lowest BCUT2D eigenvalue weighted by molar-refractivity contribution is 0.245. The number of urea groups is 1. The molecule has 1 fully saturated rings. The fraction of sp³-hybridized carbons (Fsp3) is 0.182. The van der Waals surface area contributed by atoms with E-state index in [4.69, 9.17) is 5.14 Å². The number of hydrogen-bond acceptors (Lipinski definition) is 4. The van der Waals surface area contributed by atoms with E-state index in [9.17, 15) is 22.0 Å². The summed E-state index contributed by atoms with van der Waals surface area (Å²) >= 11 is 0. The first-order valence-corrected chi connectivity index (χ1v) is 11.5. The van der Waals surface area contributed by atoms with Crippen molar-refractivity contribution in [1.29, 1.82) is 0 Å². The van der Waals surface area contributed by atoms with E-state index in [1.807, 2.05) is 0 Å². The molecule has 0 aliphatic carbocycles. The molecule has 3 aromatic rings. The number of anilines is 2. The first-order valence-electron chi connectivity index (χ1n) is 9.91. The molecule has 2 amide bonds. The summed E-state index contributed by atoms with van der Waals surface area (Å²) in [4.78, 5) is 19.6. The third-order valence-electron chi connectivity index (χ3n) is 5.83. The summed E-state index contributed by atoms with van der Waals surface area (Å²) in [6.45, 7) is 0.454. The number of halogens is 2. The number of primary sulfonamides is 1. The van der Waals surface area contributed by atoms with Gasteiger partial charge in [-0.25, -0.2) is 27.7 Å². The van der Waals surface area contributed by atoms with Crippen LogP contribution in [0.25, 0.3) is 11.3 Å². The third-order valence-corrected chi connectivity index (χ3v) is 6.76. The third kappa shape index (κ3) is 3.41. The van der Waals surface area contributed by atoms with E-state index in [0.717, 1.165) is 12.1 Å². The molecule has 3 heterocycles. The highest BCUT2D eigenvalue weighted by atomic mass is 32.2. The monoisotopic (exact) mass is 456 g/mol. The zero-order chi connectivity index (χ0) is 22.6. The maximum absolute atomic E-state index is 14.3. The number of amides is 2. The van der Waals surface area contributed by atoms with Crippen LogP contribution in [0.3, 0.4) is 0 Å². The molecule has 32 heavy (non-hydrogen) atoms. The van der Waals surface area contributed by atoms with Crippen LogP contribution < -0.4 is 14.9 Å². The molecule has 0 radical (unpaired) electrons. The molecule has 1 aromatic heterocycles. The molecule has 5 rings (SSSR count). The summed E-state index contributed by atoms with van der Waals surface area (Å²) in [5.41, 5.74) is 2.75. The van der Waals surface area contributed by atoms with Crippen LogP contribution in [-0.4, -0.2) is 32.0 Å². The summed E-state index contributed by atoms with van der Waals surface area (Å²) in [6, 6.07) is 13.3. The van der Waals surface area contributed by atoms with Crippen LogP contribution in [-0.2, 0) is 16.4 Å². The SMILES string of the molecule is NS(=O)(=O)c1cc2c(cc1F)CC1CCN(c3ccc(-c4cccc(F)n4)cc3)C(=O)N21. The number of rotatable bonds is 3. The molecule has 2 aliphatic rings. The van der Waals surface area contributed by atoms with Crippen molar-refractivity contribution in [2.24, 2.45) is 5.14 Å². The number of pyridine rings is 1. The topological polar surface area (TPSA) is 96.6 Å². The summed E-state index contributed by atoms with van der Waals surface area (Å²) in [7, 11) is -4.27. The van der Waals surface area contributed by atoms with Crippen LogP contribution >= 0.6 is 0 Å². The van der Waals surface area contributed by atoms with Crippen molar-refractivity contribution in [3.63, 3.8) is 0 Å². The van der Waals surface area contributed by atoms with Gasteiger partial charge in [0.05, 0.1) is 11.4 Å². The molecule has 7 nitrogen and oxygen atoms in total. The minimum absolute atomic E-state index is 0.181. The van der Waals surface area contributed by atoms with Gasteiger partial charge in [-0.1, -0.05) is 18.2 Å². The summed E-state index contributed by atoms with van der Waals surface area (Å²) in [5.74, 6) is -1.50. The van der Waals surface area contributed by atoms with Crippen LogP contribution in [0.2, 0.25) is 0 Å². The van der Waals surface area contributed by atoms with Gasteiger partial charge < -0.3 is 0 Å². The van der Waals surface area contributed by atoms with Crippen molar-refractivity contribution < 1.29 is 22.0 Å². The Labute approximate surface area is 183 Å². The molecule has 1 atom stereocenters. The molecule has 0 spiro atoms. The molecule has 164 valence electrons. The Morgan fingerprint density at radius 2 is 1.81 bits per heavy atom. The standard InChI is InChI=1S/C22H18F2N4O3S/c23-17-11-14-10-16-8-9-27(22(29)28(16)19(14)12-20(17)32(25,30)31)15-6-4-13(5-7-15)18-2-1-3-21(24)26-18/h1-7,11-12,16H,8-10H2,(H2,25,30,31). The first kappa shape index (κ1) is 20.5. The molecule has 2 N–H and O–H groups in total. The highest BCUT2D eigenvalue weighted by molar-refractivity contribution is 7.89. The van der Waals surface area contributed by atoms with Crippen molar-refractivity contribution in [1.82, 2.24) is 4.98 Å². The molecular weight excluding hydrogens is 438 g/mol. The lowest BCUT2D eigenvalue weighted by Gasteiger charge is -2.38. The summed E-state index contributed by atoms with van der Waals surface area (Å²) in [6.07, 6.45) is 1.07. The second-order valence-corrected chi connectivity index (χ2v) is 9.33.